The molecule has 0 spiro atoms. The van der Waals surface area contributed by atoms with E-state index in [-0.39, 0.29) is 13.2 Å². The second kappa shape index (κ2) is 7.16. The number of hydrogen-bond acceptors (Lipinski definition) is 4. The summed E-state index contributed by atoms with van der Waals surface area (Å²) in [6.07, 6.45) is 2.23. The van der Waals surface area contributed by atoms with Crippen molar-refractivity contribution in [3.05, 3.63) is 60.2 Å². The van der Waals surface area contributed by atoms with E-state index in [9.17, 15) is 9.59 Å². The van der Waals surface area contributed by atoms with Crippen LogP contribution in [-0.2, 0) is 32.3 Å². The summed E-state index contributed by atoms with van der Waals surface area (Å²) < 4.78 is 9.91. The minimum Gasteiger partial charge on any atom is -0.458 e. The minimum absolute atomic E-state index is 0.162. The van der Waals surface area contributed by atoms with Gasteiger partial charge in [0.2, 0.25) is 0 Å². The molecule has 0 saturated heterocycles. The van der Waals surface area contributed by atoms with Crippen LogP contribution in [0.3, 0.4) is 0 Å². The van der Waals surface area contributed by atoms with Crippen molar-refractivity contribution in [3.8, 4) is 0 Å². The van der Waals surface area contributed by atoms with E-state index >= 15 is 0 Å². The van der Waals surface area contributed by atoms with E-state index in [0.29, 0.717) is 0 Å². The highest BCUT2D eigenvalue weighted by atomic mass is 16.5. The maximum atomic E-state index is 11.0. The SMILES string of the molecule is C=CC(=O)OCc1cc(C)cc(COC(=O)C=C)c1. The normalized spacial score (nSPS) is 9.53. The molecule has 0 aliphatic heterocycles. The predicted molar refractivity (Wildman–Crippen MR) is 71.2 cm³/mol. The van der Waals surface area contributed by atoms with E-state index in [0.717, 1.165) is 28.8 Å². The van der Waals surface area contributed by atoms with Gasteiger partial charge in [0, 0.05) is 12.2 Å². The van der Waals surface area contributed by atoms with E-state index in [2.05, 4.69) is 13.2 Å². The van der Waals surface area contributed by atoms with Crippen molar-refractivity contribution in [1.29, 1.82) is 0 Å². The summed E-state index contributed by atoms with van der Waals surface area (Å²) in [6, 6.07) is 5.62. The standard InChI is InChI=1S/C15H16O4/c1-4-14(16)18-9-12-6-11(3)7-13(8-12)10-19-15(17)5-2/h4-8H,1-2,9-10H2,3H3. The second-order valence-corrected chi connectivity index (χ2v) is 3.95. The van der Waals surface area contributed by atoms with E-state index in [1.807, 2.05) is 25.1 Å². The van der Waals surface area contributed by atoms with Crippen molar-refractivity contribution in [3.63, 3.8) is 0 Å². The number of ether oxygens (including phenoxy) is 2. The highest BCUT2D eigenvalue weighted by molar-refractivity contribution is 5.81. The zero-order chi connectivity index (χ0) is 14.3. The molecule has 0 fully saturated rings. The second-order valence-electron chi connectivity index (χ2n) is 3.95. The molecule has 0 aliphatic carbocycles. The Labute approximate surface area is 112 Å². The Morgan fingerprint density at radius 3 is 1.79 bits per heavy atom. The topological polar surface area (TPSA) is 52.6 Å². The van der Waals surface area contributed by atoms with Crippen LogP contribution in [0.4, 0.5) is 0 Å². The summed E-state index contributed by atoms with van der Waals surface area (Å²) in [7, 11) is 0. The van der Waals surface area contributed by atoms with Crippen LogP contribution in [0.2, 0.25) is 0 Å². The molecular weight excluding hydrogens is 244 g/mol. The van der Waals surface area contributed by atoms with Gasteiger partial charge in [0.05, 0.1) is 0 Å². The van der Waals surface area contributed by atoms with Crippen molar-refractivity contribution in [2.75, 3.05) is 0 Å². The number of rotatable bonds is 6. The van der Waals surface area contributed by atoms with E-state index in [1.54, 1.807) is 0 Å². The van der Waals surface area contributed by atoms with Crippen LogP contribution in [0.5, 0.6) is 0 Å². The van der Waals surface area contributed by atoms with Gasteiger partial charge in [-0.15, -0.1) is 0 Å². The summed E-state index contributed by atoms with van der Waals surface area (Å²) in [4.78, 5) is 22.0. The molecule has 0 heterocycles. The zero-order valence-electron chi connectivity index (χ0n) is 10.8. The van der Waals surface area contributed by atoms with Gasteiger partial charge >= 0.3 is 11.9 Å². The third-order valence-electron chi connectivity index (χ3n) is 2.29. The summed E-state index contributed by atoms with van der Waals surface area (Å²) in [5, 5.41) is 0. The molecule has 19 heavy (non-hydrogen) atoms. The molecule has 0 amide bonds. The molecule has 100 valence electrons. The minimum atomic E-state index is -0.471. The Bertz CT molecular complexity index is 461. The molecule has 0 N–H and O–H groups in total. The fourth-order valence-electron chi connectivity index (χ4n) is 1.54. The molecule has 1 aromatic rings. The van der Waals surface area contributed by atoms with Crippen LogP contribution in [0.15, 0.2) is 43.5 Å². The fraction of sp³-hybridized carbons (Fsp3) is 0.200. The lowest BCUT2D eigenvalue weighted by Crippen LogP contribution is -2.03. The van der Waals surface area contributed by atoms with Gasteiger partial charge in [-0.3, -0.25) is 0 Å². The predicted octanol–water partition coefficient (Wildman–Crippen LogP) is 2.45. The van der Waals surface area contributed by atoms with E-state index in [1.165, 1.54) is 0 Å². The number of hydrogen-bond donors (Lipinski definition) is 0. The Balaban J connectivity index is 2.70. The molecule has 0 atom stereocenters. The average Bonchev–Trinajstić information content (AvgIpc) is 2.41. The fourth-order valence-corrected chi connectivity index (χ4v) is 1.54. The van der Waals surface area contributed by atoms with Crippen LogP contribution in [0.25, 0.3) is 0 Å². The number of carbonyl (C=O) groups excluding carboxylic acids is 2. The van der Waals surface area contributed by atoms with Crippen LogP contribution < -0.4 is 0 Å². The van der Waals surface area contributed by atoms with Gasteiger partial charge in [0.25, 0.3) is 0 Å². The van der Waals surface area contributed by atoms with E-state index < -0.39 is 11.9 Å². The molecule has 1 aromatic carbocycles. The van der Waals surface area contributed by atoms with Crippen molar-refractivity contribution in [1.82, 2.24) is 0 Å². The molecule has 4 nitrogen and oxygen atoms in total. The quantitative estimate of drug-likeness (QED) is 0.582. The number of carbonyl (C=O) groups is 2. The average molecular weight is 260 g/mol. The molecular formula is C15H16O4. The summed E-state index contributed by atoms with van der Waals surface area (Å²) in [5.41, 5.74) is 2.66. The van der Waals surface area contributed by atoms with Gasteiger partial charge in [0.1, 0.15) is 13.2 Å². The maximum absolute atomic E-state index is 11.0. The molecule has 0 saturated carbocycles. The first-order valence-corrected chi connectivity index (χ1v) is 5.73. The van der Waals surface area contributed by atoms with E-state index in [4.69, 9.17) is 9.47 Å². The van der Waals surface area contributed by atoms with Gasteiger partial charge in [0.15, 0.2) is 0 Å². The molecule has 0 radical (unpaired) electrons. The first-order chi connectivity index (χ1) is 9.05. The first-order valence-electron chi connectivity index (χ1n) is 5.73. The number of benzene rings is 1. The van der Waals surface area contributed by atoms with Crippen LogP contribution in [0.1, 0.15) is 16.7 Å². The lowest BCUT2D eigenvalue weighted by Gasteiger charge is -2.08. The van der Waals surface area contributed by atoms with Crippen molar-refractivity contribution >= 4 is 11.9 Å². The molecule has 4 heteroatoms. The summed E-state index contributed by atoms with van der Waals surface area (Å²) >= 11 is 0. The van der Waals surface area contributed by atoms with Gasteiger partial charge < -0.3 is 9.47 Å². The smallest absolute Gasteiger partial charge is 0.330 e. The van der Waals surface area contributed by atoms with Crippen molar-refractivity contribution < 1.29 is 19.1 Å². The third kappa shape index (κ3) is 5.21. The van der Waals surface area contributed by atoms with Gasteiger partial charge in [-0.25, -0.2) is 9.59 Å². The number of esters is 2. The highest BCUT2D eigenvalue weighted by Gasteiger charge is 2.03. The lowest BCUT2D eigenvalue weighted by molar-refractivity contribution is -0.139. The van der Waals surface area contributed by atoms with Crippen LogP contribution in [0, 0.1) is 6.92 Å². The number of aryl methyl sites for hydroxylation is 1. The van der Waals surface area contributed by atoms with Gasteiger partial charge in [-0.05, 0) is 24.1 Å². The molecule has 0 aliphatic rings. The Morgan fingerprint density at radius 1 is 1.00 bits per heavy atom. The Kier molecular flexibility index (Phi) is 5.54. The maximum Gasteiger partial charge on any atom is 0.330 e. The lowest BCUT2D eigenvalue weighted by atomic mass is 10.1. The molecule has 0 unspecified atom stereocenters. The van der Waals surface area contributed by atoms with Gasteiger partial charge in [-0.1, -0.05) is 30.9 Å². The monoisotopic (exact) mass is 260 g/mol. The van der Waals surface area contributed by atoms with Crippen molar-refractivity contribution in [2.45, 2.75) is 20.1 Å². The van der Waals surface area contributed by atoms with Gasteiger partial charge in [-0.2, -0.15) is 0 Å². The molecule has 1 rings (SSSR count). The highest BCUT2D eigenvalue weighted by Crippen LogP contribution is 2.12. The van der Waals surface area contributed by atoms with Crippen LogP contribution >= 0.6 is 0 Å². The Morgan fingerprint density at radius 2 is 1.42 bits per heavy atom. The zero-order valence-corrected chi connectivity index (χ0v) is 10.8. The Hall–Kier alpha value is -2.36. The van der Waals surface area contributed by atoms with Crippen LogP contribution in [-0.4, -0.2) is 11.9 Å². The first kappa shape index (κ1) is 14.7. The molecule has 0 bridgehead atoms. The summed E-state index contributed by atoms with van der Waals surface area (Å²) in [5.74, 6) is -0.942. The largest absolute Gasteiger partial charge is 0.458 e. The summed E-state index contributed by atoms with van der Waals surface area (Å²) in [6.45, 7) is 8.89. The third-order valence-corrected chi connectivity index (χ3v) is 2.29. The molecule has 0 aromatic heterocycles. The van der Waals surface area contributed by atoms with Crippen molar-refractivity contribution in [2.24, 2.45) is 0 Å².